The van der Waals surface area contributed by atoms with Gasteiger partial charge >= 0.3 is 0 Å². The number of amides is 2. The van der Waals surface area contributed by atoms with Gasteiger partial charge in [-0.05, 0) is 48.6 Å². The Morgan fingerprint density at radius 2 is 1.95 bits per heavy atom. The van der Waals surface area contributed by atoms with Gasteiger partial charge in [0.25, 0.3) is 11.8 Å². The maximum absolute atomic E-state index is 13.3. The predicted octanol–water partition coefficient (Wildman–Crippen LogP) is 2.65. The molecule has 0 aliphatic carbocycles. The van der Waals surface area contributed by atoms with Crippen LogP contribution in [0.5, 0.6) is 0 Å². The van der Waals surface area contributed by atoms with Gasteiger partial charge in [0.15, 0.2) is 5.65 Å². The number of aromatic nitrogens is 2. The summed E-state index contributed by atoms with van der Waals surface area (Å²) in [5.41, 5.74) is 2.23. The zero-order valence-electron chi connectivity index (χ0n) is 20.9. The molecule has 0 saturated carbocycles. The molecule has 10 nitrogen and oxygen atoms in total. The van der Waals surface area contributed by atoms with Crippen molar-refractivity contribution in [3.05, 3.63) is 68.3 Å². The molecule has 38 heavy (non-hydrogen) atoms. The summed E-state index contributed by atoms with van der Waals surface area (Å²) in [5.74, 6) is -0.697. The van der Waals surface area contributed by atoms with Gasteiger partial charge < -0.3 is 15.7 Å². The lowest BCUT2D eigenvalue weighted by atomic mass is 10.1. The van der Waals surface area contributed by atoms with E-state index in [9.17, 15) is 23.1 Å². The van der Waals surface area contributed by atoms with E-state index in [4.69, 9.17) is 4.98 Å². The average molecular weight is 576 g/mol. The van der Waals surface area contributed by atoms with Crippen molar-refractivity contribution in [2.24, 2.45) is 0 Å². The van der Waals surface area contributed by atoms with Crippen molar-refractivity contribution in [2.75, 3.05) is 19.4 Å². The SMILES string of the molecule is CC[C@@H](CO)NC(=O)c1c(-c2ccsc2)nc2c(C(=O)NCCc3ccc(CNS(C)(=O)=O)s3)cccn12. The lowest BCUT2D eigenvalue weighted by molar-refractivity contribution is 0.0907. The molecule has 0 bridgehead atoms. The number of hydrogen-bond acceptors (Lipinski definition) is 8. The highest BCUT2D eigenvalue weighted by molar-refractivity contribution is 7.88. The number of thiophene rings is 2. The van der Waals surface area contributed by atoms with Gasteiger partial charge in [-0.1, -0.05) is 6.92 Å². The molecule has 4 aromatic rings. The quantitative estimate of drug-likeness (QED) is 0.205. The summed E-state index contributed by atoms with van der Waals surface area (Å²) in [6.07, 6.45) is 3.97. The van der Waals surface area contributed by atoms with Crippen molar-refractivity contribution in [3.8, 4) is 11.3 Å². The highest BCUT2D eigenvalue weighted by atomic mass is 32.2. The number of nitrogens with zero attached hydrogens (tertiary/aromatic N) is 2. The zero-order chi connectivity index (χ0) is 27.3. The second-order valence-corrected chi connectivity index (χ2v) is 12.5. The zero-order valence-corrected chi connectivity index (χ0v) is 23.4. The molecule has 0 radical (unpaired) electrons. The monoisotopic (exact) mass is 575 g/mol. The Hall–Kier alpha value is -3.10. The molecule has 4 N–H and O–H groups in total. The Morgan fingerprint density at radius 3 is 2.63 bits per heavy atom. The molecular formula is C25H29N5O5S3. The first kappa shape index (κ1) is 27.9. The largest absolute Gasteiger partial charge is 0.394 e. The van der Waals surface area contributed by atoms with Crippen LogP contribution < -0.4 is 15.4 Å². The summed E-state index contributed by atoms with van der Waals surface area (Å²) in [4.78, 5) is 33.0. The summed E-state index contributed by atoms with van der Waals surface area (Å²) < 4.78 is 26.7. The van der Waals surface area contributed by atoms with E-state index in [1.807, 2.05) is 35.9 Å². The average Bonchev–Trinajstić information content (AvgIpc) is 3.64. The maximum Gasteiger partial charge on any atom is 0.270 e. The molecule has 0 aliphatic heterocycles. The van der Waals surface area contributed by atoms with Crippen LogP contribution in [-0.2, 0) is 23.0 Å². The third-order valence-corrected chi connectivity index (χ3v) is 8.33. The summed E-state index contributed by atoms with van der Waals surface area (Å²) in [6.45, 7) is 2.30. The van der Waals surface area contributed by atoms with Crippen LogP contribution in [0.2, 0.25) is 0 Å². The van der Waals surface area contributed by atoms with Crippen molar-refractivity contribution in [2.45, 2.75) is 32.4 Å². The minimum atomic E-state index is -3.26. The van der Waals surface area contributed by atoms with Gasteiger partial charge in [0.2, 0.25) is 10.0 Å². The third kappa shape index (κ3) is 6.66. The molecule has 4 aromatic heterocycles. The van der Waals surface area contributed by atoms with E-state index in [0.717, 1.165) is 21.6 Å². The van der Waals surface area contributed by atoms with Crippen molar-refractivity contribution in [1.82, 2.24) is 24.7 Å². The minimum absolute atomic E-state index is 0.180. The summed E-state index contributed by atoms with van der Waals surface area (Å²) in [7, 11) is -3.26. The maximum atomic E-state index is 13.3. The van der Waals surface area contributed by atoms with Crippen LogP contribution in [0.15, 0.2) is 47.3 Å². The number of carbonyl (C=O) groups is 2. The molecule has 0 fully saturated rings. The van der Waals surface area contributed by atoms with E-state index in [0.29, 0.717) is 42.0 Å². The Bertz CT molecular complexity index is 1520. The molecule has 4 heterocycles. The number of aliphatic hydroxyl groups excluding tert-OH is 1. The lowest BCUT2D eigenvalue weighted by Gasteiger charge is -2.14. The molecule has 0 aliphatic rings. The first-order chi connectivity index (χ1) is 18.2. The smallest absolute Gasteiger partial charge is 0.270 e. The Balaban J connectivity index is 1.53. The molecule has 0 spiro atoms. The Kier molecular flexibility index (Phi) is 8.95. The van der Waals surface area contributed by atoms with Crippen molar-refractivity contribution >= 4 is 50.2 Å². The Morgan fingerprint density at radius 1 is 1.16 bits per heavy atom. The van der Waals surface area contributed by atoms with Crippen LogP contribution in [0, 0.1) is 0 Å². The molecule has 202 valence electrons. The number of aliphatic hydroxyl groups is 1. The topological polar surface area (TPSA) is 142 Å². The van der Waals surface area contributed by atoms with Gasteiger partial charge in [-0.3, -0.25) is 14.0 Å². The van der Waals surface area contributed by atoms with E-state index in [2.05, 4.69) is 15.4 Å². The molecule has 0 aromatic carbocycles. The highest BCUT2D eigenvalue weighted by Gasteiger charge is 2.25. The van der Waals surface area contributed by atoms with Crippen LogP contribution in [0.1, 0.15) is 43.9 Å². The van der Waals surface area contributed by atoms with Crippen LogP contribution >= 0.6 is 22.7 Å². The van der Waals surface area contributed by atoms with Crippen LogP contribution in [0.25, 0.3) is 16.9 Å². The fourth-order valence-corrected chi connectivity index (χ4v) is 5.95. The van der Waals surface area contributed by atoms with Crippen LogP contribution in [0.4, 0.5) is 0 Å². The number of rotatable bonds is 12. The number of sulfonamides is 1. The van der Waals surface area contributed by atoms with E-state index in [1.165, 1.54) is 22.7 Å². The minimum Gasteiger partial charge on any atom is -0.394 e. The van der Waals surface area contributed by atoms with Gasteiger partial charge in [0.1, 0.15) is 11.4 Å². The van der Waals surface area contributed by atoms with Crippen LogP contribution in [0.3, 0.4) is 0 Å². The second-order valence-electron chi connectivity index (χ2n) is 8.66. The normalized spacial score (nSPS) is 12.5. The Labute approximate surface area is 228 Å². The molecule has 13 heteroatoms. The second kappa shape index (κ2) is 12.2. The van der Waals surface area contributed by atoms with Crippen molar-refractivity contribution < 1.29 is 23.1 Å². The standard InChI is InChI=1S/C25H29N5O5S3/c1-3-17(14-31)28-25(33)22-21(16-9-12-36-15-16)29-23-20(5-4-11-30(22)23)24(32)26-10-8-18-6-7-19(37-18)13-27-38(2,34)35/h4-7,9,11-12,15,17,27,31H,3,8,10,13-14H2,1-2H3,(H,26,32)(H,28,33)/t17-/m0/s1. The summed E-state index contributed by atoms with van der Waals surface area (Å²) in [6, 6.07) is 8.62. The van der Waals surface area contributed by atoms with Gasteiger partial charge in [-0.2, -0.15) is 11.3 Å². The number of nitrogens with one attached hydrogen (secondary N) is 3. The first-order valence-corrected chi connectivity index (χ1v) is 15.6. The van der Waals surface area contributed by atoms with Crippen LogP contribution in [-0.4, -0.2) is 60.2 Å². The number of imidazole rings is 1. The van der Waals surface area contributed by atoms with E-state index < -0.39 is 16.1 Å². The first-order valence-electron chi connectivity index (χ1n) is 12.0. The molecule has 1 atom stereocenters. The molecule has 4 rings (SSSR count). The fourth-order valence-electron chi connectivity index (χ4n) is 3.84. The van der Waals surface area contributed by atoms with Gasteiger partial charge in [0, 0.05) is 40.0 Å². The molecular weight excluding hydrogens is 547 g/mol. The third-order valence-electron chi connectivity index (χ3n) is 5.84. The fraction of sp³-hybridized carbons (Fsp3) is 0.320. The lowest BCUT2D eigenvalue weighted by Crippen LogP contribution is -2.37. The number of carbonyl (C=O) groups excluding carboxylic acids is 2. The summed E-state index contributed by atoms with van der Waals surface area (Å²) in [5, 5.41) is 19.1. The molecule has 0 unspecified atom stereocenters. The van der Waals surface area contributed by atoms with Gasteiger partial charge in [0.05, 0.1) is 24.5 Å². The molecule has 0 saturated heterocycles. The van der Waals surface area contributed by atoms with Crippen molar-refractivity contribution in [1.29, 1.82) is 0 Å². The van der Waals surface area contributed by atoms with E-state index in [1.54, 1.807) is 22.7 Å². The van der Waals surface area contributed by atoms with Gasteiger partial charge in [-0.25, -0.2) is 18.1 Å². The van der Waals surface area contributed by atoms with E-state index >= 15 is 0 Å². The van der Waals surface area contributed by atoms with E-state index in [-0.39, 0.29) is 25.0 Å². The summed E-state index contributed by atoms with van der Waals surface area (Å²) >= 11 is 2.96. The predicted molar refractivity (Wildman–Crippen MR) is 149 cm³/mol. The van der Waals surface area contributed by atoms with Crippen molar-refractivity contribution in [3.63, 3.8) is 0 Å². The number of hydrogen-bond donors (Lipinski definition) is 4. The number of pyridine rings is 1. The highest BCUT2D eigenvalue weighted by Crippen LogP contribution is 2.28. The number of fused-ring (bicyclic) bond motifs is 1. The molecule has 2 amide bonds. The van der Waals surface area contributed by atoms with Gasteiger partial charge in [-0.15, -0.1) is 11.3 Å².